The number of carbonyl (C=O) groups excluding carboxylic acids is 1. The SMILES string of the molecule is O=C(NCC1CCCC1Br)C1CCC1. The van der Waals surface area contributed by atoms with Crippen LogP contribution in [-0.4, -0.2) is 17.3 Å². The van der Waals surface area contributed by atoms with Gasteiger partial charge < -0.3 is 5.32 Å². The summed E-state index contributed by atoms with van der Waals surface area (Å²) in [6.45, 7) is 0.880. The van der Waals surface area contributed by atoms with Crippen LogP contribution in [0.3, 0.4) is 0 Å². The predicted molar refractivity (Wildman–Crippen MR) is 60.4 cm³/mol. The molecule has 0 radical (unpaired) electrons. The van der Waals surface area contributed by atoms with Crippen LogP contribution >= 0.6 is 15.9 Å². The molecule has 0 bridgehead atoms. The Morgan fingerprint density at radius 1 is 1.21 bits per heavy atom. The number of hydrogen-bond donors (Lipinski definition) is 1. The Kier molecular flexibility index (Phi) is 3.47. The molecular formula is C11H18BrNO. The van der Waals surface area contributed by atoms with Gasteiger partial charge in [0, 0.05) is 17.3 Å². The van der Waals surface area contributed by atoms with Gasteiger partial charge in [0.15, 0.2) is 0 Å². The number of alkyl halides is 1. The van der Waals surface area contributed by atoms with Gasteiger partial charge in [0.25, 0.3) is 0 Å². The molecule has 2 aliphatic carbocycles. The molecule has 2 rings (SSSR count). The Morgan fingerprint density at radius 2 is 1.93 bits per heavy atom. The van der Waals surface area contributed by atoms with E-state index in [0.717, 1.165) is 19.4 Å². The second kappa shape index (κ2) is 4.65. The van der Waals surface area contributed by atoms with E-state index in [0.29, 0.717) is 22.6 Å². The van der Waals surface area contributed by atoms with Crippen LogP contribution in [0.25, 0.3) is 0 Å². The molecule has 0 aromatic carbocycles. The molecule has 14 heavy (non-hydrogen) atoms. The maximum absolute atomic E-state index is 11.6. The molecule has 1 N–H and O–H groups in total. The summed E-state index contributed by atoms with van der Waals surface area (Å²) in [6, 6.07) is 0. The number of rotatable bonds is 3. The molecule has 0 spiro atoms. The summed E-state index contributed by atoms with van der Waals surface area (Å²) in [5.41, 5.74) is 0. The van der Waals surface area contributed by atoms with Gasteiger partial charge >= 0.3 is 0 Å². The summed E-state index contributed by atoms with van der Waals surface area (Å²) in [4.78, 5) is 12.2. The summed E-state index contributed by atoms with van der Waals surface area (Å²) < 4.78 is 0. The van der Waals surface area contributed by atoms with Crippen LogP contribution in [0, 0.1) is 11.8 Å². The topological polar surface area (TPSA) is 29.1 Å². The molecule has 2 saturated carbocycles. The van der Waals surface area contributed by atoms with Crippen LogP contribution in [0.1, 0.15) is 38.5 Å². The maximum Gasteiger partial charge on any atom is 0.223 e. The monoisotopic (exact) mass is 259 g/mol. The minimum absolute atomic E-state index is 0.294. The number of hydrogen-bond acceptors (Lipinski definition) is 1. The lowest BCUT2D eigenvalue weighted by molar-refractivity contribution is -0.127. The van der Waals surface area contributed by atoms with Crippen LogP contribution < -0.4 is 5.32 Å². The van der Waals surface area contributed by atoms with E-state index in [2.05, 4.69) is 21.2 Å². The second-order valence-electron chi connectivity index (χ2n) is 4.58. The molecule has 2 unspecified atom stereocenters. The fourth-order valence-electron chi connectivity index (χ4n) is 2.27. The van der Waals surface area contributed by atoms with E-state index in [1.54, 1.807) is 0 Å². The first-order valence-electron chi connectivity index (χ1n) is 5.69. The van der Waals surface area contributed by atoms with Crippen LogP contribution in [-0.2, 0) is 4.79 Å². The first-order chi connectivity index (χ1) is 6.77. The average molecular weight is 260 g/mol. The van der Waals surface area contributed by atoms with Gasteiger partial charge in [-0.3, -0.25) is 4.79 Å². The van der Waals surface area contributed by atoms with E-state index >= 15 is 0 Å². The summed E-state index contributed by atoms with van der Waals surface area (Å²) >= 11 is 3.67. The smallest absolute Gasteiger partial charge is 0.223 e. The molecule has 0 aromatic heterocycles. The maximum atomic E-state index is 11.6. The summed E-state index contributed by atoms with van der Waals surface area (Å²) in [5.74, 6) is 1.30. The molecule has 2 aliphatic rings. The van der Waals surface area contributed by atoms with Crippen molar-refractivity contribution in [3.8, 4) is 0 Å². The summed E-state index contributed by atoms with van der Waals surface area (Å²) in [5, 5.41) is 3.09. The highest BCUT2D eigenvalue weighted by Gasteiger charge is 2.28. The van der Waals surface area contributed by atoms with E-state index in [-0.39, 0.29) is 0 Å². The molecule has 80 valence electrons. The Balaban J connectivity index is 1.68. The van der Waals surface area contributed by atoms with Gasteiger partial charge in [0.1, 0.15) is 0 Å². The second-order valence-corrected chi connectivity index (χ2v) is 5.76. The first kappa shape index (κ1) is 10.5. The third-order valence-corrected chi connectivity index (χ3v) is 4.79. The summed E-state index contributed by atoms with van der Waals surface area (Å²) in [7, 11) is 0. The lowest BCUT2D eigenvalue weighted by atomic mass is 9.85. The summed E-state index contributed by atoms with van der Waals surface area (Å²) in [6.07, 6.45) is 7.29. The molecule has 1 amide bonds. The van der Waals surface area contributed by atoms with Crippen LogP contribution in [0.5, 0.6) is 0 Å². The molecule has 2 fully saturated rings. The lowest BCUT2D eigenvalue weighted by Crippen LogP contribution is -2.38. The highest BCUT2D eigenvalue weighted by molar-refractivity contribution is 9.09. The van der Waals surface area contributed by atoms with Crippen LogP contribution in [0.15, 0.2) is 0 Å². The van der Waals surface area contributed by atoms with Crippen molar-refractivity contribution in [1.82, 2.24) is 5.32 Å². The highest BCUT2D eigenvalue weighted by atomic mass is 79.9. The molecule has 2 atom stereocenters. The highest BCUT2D eigenvalue weighted by Crippen LogP contribution is 2.31. The lowest BCUT2D eigenvalue weighted by Gasteiger charge is -2.25. The predicted octanol–water partition coefficient (Wildman–Crippen LogP) is 2.47. The van der Waals surface area contributed by atoms with Crippen molar-refractivity contribution < 1.29 is 4.79 Å². The Morgan fingerprint density at radius 3 is 2.43 bits per heavy atom. The zero-order valence-electron chi connectivity index (χ0n) is 8.47. The zero-order valence-corrected chi connectivity index (χ0v) is 10.1. The van der Waals surface area contributed by atoms with Crippen molar-refractivity contribution in [2.75, 3.05) is 6.54 Å². The van der Waals surface area contributed by atoms with Gasteiger partial charge in [-0.2, -0.15) is 0 Å². The number of nitrogens with one attached hydrogen (secondary N) is 1. The van der Waals surface area contributed by atoms with E-state index in [4.69, 9.17) is 0 Å². The van der Waals surface area contributed by atoms with Gasteiger partial charge in [0.05, 0.1) is 0 Å². The van der Waals surface area contributed by atoms with Crippen molar-refractivity contribution in [1.29, 1.82) is 0 Å². The van der Waals surface area contributed by atoms with E-state index in [9.17, 15) is 4.79 Å². The fourth-order valence-corrected chi connectivity index (χ4v) is 3.04. The van der Waals surface area contributed by atoms with Gasteiger partial charge in [-0.05, 0) is 31.6 Å². The normalized spacial score (nSPS) is 32.6. The van der Waals surface area contributed by atoms with Crippen molar-refractivity contribution >= 4 is 21.8 Å². The minimum Gasteiger partial charge on any atom is -0.356 e. The van der Waals surface area contributed by atoms with E-state index < -0.39 is 0 Å². The molecule has 0 aliphatic heterocycles. The molecule has 0 saturated heterocycles. The van der Waals surface area contributed by atoms with Gasteiger partial charge in [0.2, 0.25) is 5.91 Å². The van der Waals surface area contributed by atoms with Crippen molar-refractivity contribution in [3.05, 3.63) is 0 Å². The van der Waals surface area contributed by atoms with Gasteiger partial charge in [-0.25, -0.2) is 0 Å². The zero-order chi connectivity index (χ0) is 9.97. The standard InChI is InChI=1S/C11H18BrNO/c12-10-6-2-5-9(10)7-13-11(14)8-3-1-4-8/h8-10H,1-7H2,(H,13,14). The van der Waals surface area contributed by atoms with Crippen LogP contribution in [0.4, 0.5) is 0 Å². The third kappa shape index (κ3) is 2.30. The largest absolute Gasteiger partial charge is 0.356 e. The average Bonchev–Trinajstić information content (AvgIpc) is 2.44. The fraction of sp³-hybridized carbons (Fsp3) is 0.909. The Bertz CT molecular complexity index is 215. The van der Waals surface area contributed by atoms with Crippen LogP contribution in [0.2, 0.25) is 0 Å². The number of carbonyl (C=O) groups is 1. The van der Waals surface area contributed by atoms with Gasteiger partial charge in [-0.1, -0.05) is 28.8 Å². The molecule has 0 aromatic rings. The van der Waals surface area contributed by atoms with Crippen molar-refractivity contribution in [2.24, 2.45) is 11.8 Å². The molecule has 0 heterocycles. The minimum atomic E-state index is 0.294. The Hall–Kier alpha value is -0.0500. The Labute approximate surface area is 94.0 Å². The van der Waals surface area contributed by atoms with Gasteiger partial charge in [-0.15, -0.1) is 0 Å². The molecule has 2 nitrogen and oxygen atoms in total. The molecule has 3 heteroatoms. The third-order valence-electron chi connectivity index (χ3n) is 3.58. The number of amides is 1. The van der Waals surface area contributed by atoms with E-state index in [1.165, 1.54) is 25.7 Å². The molecular weight excluding hydrogens is 242 g/mol. The van der Waals surface area contributed by atoms with Crippen molar-refractivity contribution in [2.45, 2.75) is 43.4 Å². The van der Waals surface area contributed by atoms with E-state index in [1.807, 2.05) is 0 Å². The van der Waals surface area contributed by atoms with Crippen molar-refractivity contribution in [3.63, 3.8) is 0 Å². The number of halogens is 1. The quantitative estimate of drug-likeness (QED) is 0.776. The first-order valence-corrected chi connectivity index (χ1v) is 6.60.